The second-order valence-electron chi connectivity index (χ2n) is 8.35. The molecule has 0 fully saturated rings. The third-order valence-corrected chi connectivity index (χ3v) is 6.71. The van der Waals surface area contributed by atoms with Gasteiger partial charge < -0.3 is 27.4 Å². The minimum atomic E-state index is -3.11. The highest BCUT2D eigenvalue weighted by Crippen LogP contribution is 2.43. The SMILES string of the molecule is CCC(C)(C(C)=O)C(C(=O)O)(C(=O)C(N)CCC(=O)O)N(C(=O)C(C)N)C(=O)C(N)CCSC. The van der Waals surface area contributed by atoms with E-state index in [1.807, 2.05) is 0 Å². The van der Waals surface area contributed by atoms with Crippen molar-refractivity contribution in [2.24, 2.45) is 22.6 Å². The molecule has 13 heteroatoms. The molecule has 194 valence electrons. The lowest BCUT2D eigenvalue weighted by Crippen LogP contribution is -2.77. The van der Waals surface area contributed by atoms with E-state index in [9.17, 15) is 33.9 Å². The number of rotatable bonds is 15. The number of carboxylic acid groups (broad SMARTS) is 2. The van der Waals surface area contributed by atoms with Crippen LogP contribution in [0.25, 0.3) is 0 Å². The molecule has 0 aliphatic heterocycles. The number of Topliss-reactive ketones (excluding diaryl/α,β-unsaturated/α-hetero) is 2. The second-order valence-corrected chi connectivity index (χ2v) is 9.33. The molecule has 5 unspecified atom stereocenters. The van der Waals surface area contributed by atoms with Crippen LogP contribution >= 0.6 is 11.8 Å². The maximum atomic E-state index is 13.8. The Morgan fingerprint density at radius 3 is 1.85 bits per heavy atom. The fraction of sp³-hybridized carbons (Fsp3) is 0.714. The number of hydrogen-bond acceptors (Lipinski definition) is 10. The van der Waals surface area contributed by atoms with Gasteiger partial charge in [-0.15, -0.1) is 0 Å². The monoisotopic (exact) mass is 504 g/mol. The molecule has 0 aromatic heterocycles. The Hall–Kier alpha value is -2.35. The Morgan fingerprint density at radius 2 is 1.50 bits per heavy atom. The highest BCUT2D eigenvalue weighted by atomic mass is 32.2. The first-order chi connectivity index (χ1) is 15.6. The van der Waals surface area contributed by atoms with Crippen LogP contribution in [0.15, 0.2) is 0 Å². The summed E-state index contributed by atoms with van der Waals surface area (Å²) in [6.07, 6.45) is 0.433. The molecule has 0 spiro atoms. The fourth-order valence-electron chi connectivity index (χ4n) is 3.68. The van der Waals surface area contributed by atoms with Crippen LogP contribution in [0, 0.1) is 5.41 Å². The van der Waals surface area contributed by atoms with Crippen LogP contribution in [0.3, 0.4) is 0 Å². The lowest BCUT2D eigenvalue weighted by molar-refractivity contribution is -0.184. The summed E-state index contributed by atoms with van der Waals surface area (Å²) in [7, 11) is 0. The third-order valence-electron chi connectivity index (χ3n) is 6.07. The van der Waals surface area contributed by atoms with Gasteiger partial charge in [0.25, 0.3) is 0 Å². The largest absolute Gasteiger partial charge is 0.481 e. The van der Waals surface area contributed by atoms with Gasteiger partial charge in [-0.1, -0.05) is 6.92 Å². The van der Waals surface area contributed by atoms with Gasteiger partial charge in [0.2, 0.25) is 17.4 Å². The van der Waals surface area contributed by atoms with Crippen molar-refractivity contribution in [2.45, 2.75) is 77.0 Å². The van der Waals surface area contributed by atoms with E-state index in [2.05, 4.69) is 0 Å². The van der Waals surface area contributed by atoms with E-state index in [-0.39, 0.29) is 17.7 Å². The zero-order valence-corrected chi connectivity index (χ0v) is 21.0. The molecule has 0 aromatic rings. The predicted molar refractivity (Wildman–Crippen MR) is 126 cm³/mol. The molecule has 0 aliphatic rings. The molecule has 8 N–H and O–H groups in total. The van der Waals surface area contributed by atoms with Gasteiger partial charge in [-0.05, 0) is 52.0 Å². The molecule has 5 atom stereocenters. The Bertz CT molecular complexity index is 821. The smallest absolute Gasteiger partial charge is 0.339 e. The van der Waals surface area contributed by atoms with Gasteiger partial charge in [-0.2, -0.15) is 11.8 Å². The topological polar surface area (TPSA) is 224 Å². The standard InChI is InChI=1S/C21H36N4O8S/c1-6-20(4,12(3)26)21(19(32)33,16(29)13(23)7-8-15(27)28)25(17(30)11(2)22)18(31)14(24)9-10-34-5/h11,13-14H,6-10,22-24H2,1-5H3,(H,27,28)(H,32,33). The average Bonchev–Trinajstić information content (AvgIpc) is 2.76. The van der Waals surface area contributed by atoms with Crippen LogP contribution in [0.5, 0.6) is 0 Å². The van der Waals surface area contributed by atoms with E-state index >= 15 is 0 Å². The number of thioether (sulfide) groups is 1. The van der Waals surface area contributed by atoms with E-state index in [1.165, 1.54) is 25.6 Å². The molecular formula is C21H36N4O8S. The van der Waals surface area contributed by atoms with E-state index < -0.39 is 77.2 Å². The van der Waals surface area contributed by atoms with E-state index in [1.54, 1.807) is 6.26 Å². The second kappa shape index (κ2) is 12.9. The zero-order chi connectivity index (χ0) is 27.0. The molecule has 0 radical (unpaired) electrons. The zero-order valence-electron chi connectivity index (χ0n) is 20.2. The van der Waals surface area contributed by atoms with Crippen molar-refractivity contribution in [3.63, 3.8) is 0 Å². The molecule has 0 heterocycles. The number of carboxylic acids is 2. The van der Waals surface area contributed by atoms with Gasteiger partial charge in [0.15, 0.2) is 5.78 Å². The van der Waals surface area contributed by atoms with Crippen LogP contribution in [0.2, 0.25) is 0 Å². The summed E-state index contributed by atoms with van der Waals surface area (Å²) in [5.41, 5.74) is 12.4. The number of hydrogen-bond donors (Lipinski definition) is 5. The number of imide groups is 1. The number of amides is 2. The molecule has 34 heavy (non-hydrogen) atoms. The van der Waals surface area contributed by atoms with Crippen molar-refractivity contribution in [3.05, 3.63) is 0 Å². The van der Waals surface area contributed by atoms with Crippen LogP contribution < -0.4 is 17.2 Å². The number of carbonyl (C=O) groups excluding carboxylic acids is 4. The summed E-state index contributed by atoms with van der Waals surface area (Å²) in [6.45, 7) is 4.79. The van der Waals surface area contributed by atoms with Crippen LogP contribution in [-0.4, -0.2) is 86.1 Å². The molecule has 0 saturated heterocycles. The van der Waals surface area contributed by atoms with Crippen molar-refractivity contribution < 1.29 is 39.0 Å². The van der Waals surface area contributed by atoms with Gasteiger partial charge in [0.05, 0.1) is 23.5 Å². The summed E-state index contributed by atoms with van der Waals surface area (Å²) < 4.78 is 0. The fourth-order valence-corrected chi connectivity index (χ4v) is 4.17. The van der Waals surface area contributed by atoms with E-state index in [0.717, 1.165) is 13.8 Å². The maximum absolute atomic E-state index is 13.8. The molecule has 12 nitrogen and oxygen atoms in total. The normalized spacial score (nSPS) is 17.4. The van der Waals surface area contributed by atoms with Gasteiger partial charge in [-0.25, -0.2) is 4.79 Å². The number of nitrogens with two attached hydrogens (primary N) is 3. The molecule has 0 bridgehead atoms. The number of aliphatic carboxylic acids is 2. The molecule has 0 aromatic carbocycles. The molecular weight excluding hydrogens is 468 g/mol. The predicted octanol–water partition coefficient (Wildman–Crippen LogP) is -0.641. The Kier molecular flexibility index (Phi) is 12.0. The maximum Gasteiger partial charge on any atom is 0.339 e. The quantitative estimate of drug-likeness (QED) is 0.176. The van der Waals surface area contributed by atoms with Gasteiger partial charge >= 0.3 is 11.9 Å². The Labute approximate surface area is 202 Å². The highest BCUT2D eigenvalue weighted by molar-refractivity contribution is 7.98. The molecule has 0 aliphatic carbocycles. The van der Waals surface area contributed by atoms with Crippen LogP contribution in [-0.2, 0) is 28.8 Å². The average molecular weight is 505 g/mol. The first-order valence-corrected chi connectivity index (χ1v) is 12.1. The minimum Gasteiger partial charge on any atom is -0.481 e. The summed E-state index contributed by atoms with van der Waals surface area (Å²) in [5, 5.41) is 19.4. The molecule has 2 amide bonds. The van der Waals surface area contributed by atoms with Crippen molar-refractivity contribution in [3.8, 4) is 0 Å². The van der Waals surface area contributed by atoms with Gasteiger partial charge in [0.1, 0.15) is 5.78 Å². The summed E-state index contributed by atoms with van der Waals surface area (Å²) >= 11 is 1.35. The summed E-state index contributed by atoms with van der Waals surface area (Å²) in [5.74, 6) is -7.47. The van der Waals surface area contributed by atoms with Gasteiger partial charge in [0, 0.05) is 6.42 Å². The lowest BCUT2D eigenvalue weighted by atomic mass is 9.61. The Morgan fingerprint density at radius 1 is 0.971 bits per heavy atom. The number of ketones is 2. The van der Waals surface area contributed by atoms with Crippen molar-refractivity contribution >= 4 is 47.1 Å². The van der Waals surface area contributed by atoms with Crippen LogP contribution in [0.1, 0.15) is 53.4 Å². The number of carbonyl (C=O) groups is 6. The highest BCUT2D eigenvalue weighted by Gasteiger charge is 2.68. The van der Waals surface area contributed by atoms with Crippen molar-refractivity contribution in [1.29, 1.82) is 0 Å². The number of nitrogens with zero attached hydrogens (tertiary/aromatic N) is 1. The minimum absolute atomic E-state index is 0.0423. The lowest BCUT2D eigenvalue weighted by Gasteiger charge is -2.49. The molecule has 0 saturated carbocycles. The first kappa shape index (κ1) is 31.6. The third kappa shape index (κ3) is 6.20. The summed E-state index contributed by atoms with van der Waals surface area (Å²) in [4.78, 5) is 77.5. The molecule has 0 rings (SSSR count). The Balaban J connectivity index is 7.41. The van der Waals surface area contributed by atoms with Crippen LogP contribution in [0.4, 0.5) is 0 Å². The van der Waals surface area contributed by atoms with Crippen molar-refractivity contribution in [2.75, 3.05) is 12.0 Å². The van der Waals surface area contributed by atoms with E-state index in [0.29, 0.717) is 5.75 Å². The first-order valence-electron chi connectivity index (χ1n) is 10.7. The summed E-state index contributed by atoms with van der Waals surface area (Å²) in [6, 6.07) is -4.55. The van der Waals surface area contributed by atoms with Gasteiger partial charge in [-0.3, -0.25) is 28.9 Å². The van der Waals surface area contributed by atoms with Crippen molar-refractivity contribution in [1.82, 2.24) is 4.90 Å². The van der Waals surface area contributed by atoms with E-state index in [4.69, 9.17) is 22.3 Å².